The Morgan fingerprint density at radius 3 is 2.80 bits per heavy atom. The van der Waals surface area contributed by atoms with E-state index in [4.69, 9.17) is 4.74 Å². The van der Waals surface area contributed by atoms with E-state index in [0.717, 1.165) is 11.5 Å². The topological polar surface area (TPSA) is 56.3 Å². The van der Waals surface area contributed by atoms with Crippen LogP contribution in [0.4, 0.5) is 4.39 Å². The number of aromatic nitrogens is 1. The lowest BCUT2D eigenvalue weighted by atomic mass is 10.1. The minimum absolute atomic E-state index is 0.0430. The first-order valence-electron chi connectivity index (χ1n) is 5.85. The maximum absolute atomic E-state index is 13.7. The molecule has 0 bridgehead atoms. The summed E-state index contributed by atoms with van der Waals surface area (Å²) in [7, 11) is -3.72. The standard InChI is InChI=1S/C14H10FNO3S/c15-13-5-1-4-12-10(9-20(17,18)14(12)13)8-19-11-3-2-6-16-7-11/h1-7,9H,8H2. The van der Waals surface area contributed by atoms with Gasteiger partial charge in [-0.05, 0) is 18.2 Å². The Morgan fingerprint density at radius 2 is 2.05 bits per heavy atom. The van der Waals surface area contributed by atoms with Gasteiger partial charge in [-0.1, -0.05) is 12.1 Å². The second-order valence-electron chi connectivity index (χ2n) is 4.28. The zero-order chi connectivity index (χ0) is 14.2. The molecule has 0 saturated heterocycles. The molecule has 0 unspecified atom stereocenters. The Kier molecular flexibility index (Phi) is 3.02. The molecule has 2 aromatic rings. The van der Waals surface area contributed by atoms with Crippen LogP contribution in [0.2, 0.25) is 0 Å². The molecule has 6 heteroatoms. The normalized spacial score (nSPS) is 15.6. The molecule has 0 saturated carbocycles. The highest BCUT2D eigenvalue weighted by Gasteiger charge is 2.30. The Morgan fingerprint density at radius 1 is 1.20 bits per heavy atom. The number of nitrogens with zero attached hydrogens (tertiary/aromatic N) is 1. The molecular formula is C14H10FNO3S. The summed E-state index contributed by atoms with van der Waals surface area (Å²) in [5, 5.41) is 1.05. The molecule has 102 valence electrons. The average molecular weight is 291 g/mol. The zero-order valence-corrected chi connectivity index (χ0v) is 11.1. The minimum Gasteiger partial charge on any atom is -0.487 e. The summed E-state index contributed by atoms with van der Waals surface area (Å²) >= 11 is 0. The van der Waals surface area contributed by atoms with Crippen LogP contribution >= 0.6 is 0 Å². The van der Waals surface area contributed by atoms with Crippen molar-refractivity contribution in [3.05, 3.63) is 59.5 Å². The van der Waals surface area contributed by atoms with Gasteiger partial charge in [-0.3, -0.25) is 4.98 Å². The summed E-state index contributed by atoms with van der Waals surface area (Å²) in [4.78, 5) is 3.62. The van der Waals surface area contributed by atoms with Crippen LogP contribution in [0.25, 0.3) is 5.57 Å². The molecule has 1 aromatic carbocycles. The Hall–Kier alpha value is -2.21. The first-order chi connectivity index (χ1) is 9.58. The third-order valence-corrected chi connectivity index (χ3v) is 4.50. The number of sulfone groups is 1. The predicted molar refractivity (Wildman–Crippen MR) is 71.3 cm³/mol. The van der Waals surface area contributed by atoms with Crippen molar-refractivity contribution < 1.29 is 17.5 Å². The molecule has 0 fully saturated rings. The number of hydrogen-bond donors (Lipinski definition) is 0. The number of ether oxygens (including phenoxy) is 1. The Balaban J connectivity index is 1.92. The molecule has 1 aliphatic rings. The van der Waals surface area contributed by atoms with Crippen LogP contribution in [-0.4, -0.2) is 20.0 Å². The highest BCUT2D eigenvalue weighted by molar-refractivity contribution is 7.95. The largest absolute Gasteiger partial charge is 0.487 e. The van der Waals surface area contributed by atoms with E-state index in [9.17, 15) is 12.8 Å². The second kappa shape index (κ2) is 4.72. The van der Waals surface area contributed by atoms with Crippen molar-refractivity contribution in [1.29, 1.82) is 0 Å². The van der Waals surface area contributed by atoms with E-state index in [-0.39, 0.29) is 11.5 Å². The van der Waals surface area contributed by atoms with Crippen molar-refractivity contribution in [2.45, 2.75) is 4.90 Å². The van der Waals surface area contributed by atoms with E-state index in [2.05, 4.69) is 4.98 Å². The predicted octanol–water partition coefficient (Wildman–Crippen LogP) is 2.43. The highest BCUT2D eigenvalue weighted by Crippen LogP contribution is 2.35. The van der Waals surface area contributed by atoms with Crippen LogP contribution in [0, 0.1) is 5.82 Å². The number of hydrogen-bond acceptors (Lipinski definition) is 4. The zero-order valence-electron chi connectivity index (χ0n) is 10.3. The third-order valence-electron chi connectivity index (χ3n) is 2.92. The number of rotatable bonds is 3. The highest BCUT2D eigenvalue weighted by atomic mass is 32.2. The number of halogens is 1. The summed E-state index contributed by atoms with van der Waals surface area (Å²) in [6, 6.07) is 7.61. The fraction of sp³-hybridized carbons (Fsp3) is 0.0714. The molecule has 0 N–H and O–H groups in total. The molecule has 0 aliphatic carbocycles. The van der Waals surface area contributed by atoms with Crippen LogP contribution in [0.3, 0.4) is 0 Å². The van der Waals surface area contributed by atoms with Crippen LogP contribution in [0.15, 0.2) is 53.0 Å². The van der Waals surface area contributed by atoms with Gasteiger partial charge < -0.3 is 4.74 Å². The van der Waals surface area contributed by atoms with Gasteiger partial charge in [-0.25, -0.2) is 12.8 Å². The molecule has 0 atom stereocenters. The van der Waals surface area contributed by atoms with Gasteiger partial charge in [0, 0.05) is 22.7 Å². The summed E-state index contributed by atoms with van der Waals surface area (Å²) in [5.41, 5.74) is 0.789. The number of pyridine rings is 1. The fourth-order valence-corrected chi connectivity index (χ4v) is 3.60. The van der Waals surface area contributed by atoms with E-state index < -0.39 is 15.7 Å². The van der Waals surface area contributed by atoms with E-state index >= 15 is 0 Å². The van der Waals surface area contributed by atoms with E-state index in [1.165, 1.54) is 12.3 Å². The van der Waals surface area contributed by atoms with Gasteiger partial charge in [0.05, 0.1) is 6.20 Å². The SMILES string of the molecule is O=S1(=O)C=C(COc2cccnc2)c2cccc(F)c21. The van der Waals surface area contributed by atoms with Gasteiger partial charge >= 0.3 is 0 Å². The molecule has 0 spiro atoms. The molecule has 1 aliphatic heterocycles. The maximum Gasteiger partial charge on any atom is 0.203 e. The minimum atomic E-state index is -3.72. The van der Waals surface area contributed by atoms with Gasteiger partial charge in [0.1, 0.15) is 23.1 Å². The van der Waals surface area contributed by atoms with Gasteiger partial charge in [0.2, 0.25) is 9.84 Å². The molecule has 3 rings (SSSR count). The van der Waals surface area contributed by atoms with Crippen molar-refractivity contribution in [2.24, 2.45) is 0 Å². The van der Waals surface area contributed by atoms with Crippen molar-refractivity contribution in [3.63, 3.8) is 0 Å². The van der Waals surface area contributed by atoms with Crippen LogP contribution in [0.5, 0.6) is 5.75 Å². The van der Waals surface area contributed by atoms with E-state index in [1.807, 2.05) is 0 Å². The molecule has 0 radical (unpaired) electrons. The van der Waals surface area contributed by atoms with Crippen LogP contribution < -0.4 is 4.74 Å². The van der Waals surface area contributed by atoms with Gasteiger partial charge in [0.25, 0.3) is 0 Å². The summed E-state index contributed by atoms with van der Waals surface area (Å²) in [6.45, 7) is 0.0430. The van der Waals surface area contributed by atoms with Gasteiger partial charge in [0.15, 0.2) is 0 Å². The monoisotopic (exact) mass is 291 g/mol. The van der Waals surface area contributed by atoms with Crippen LogP contribution in [0.1, 0.15) is 5.56 Å². The Bertz CT molecular complexity index is 785. The molecule has 4 nitrogen and oxygen atoms in total. The quantitative estimate of drug-likeness (QED) is 0.871. The molecule has 2 heterocycles. The second-order valence-corrected chi connectivity index (χ2v) is 6.02. The first kappa shape index (κ1) is 12.8. The fourth-order valence-electron chi connectivity index (χ4n) is 2.07. The molecule has 1 aromatic heterocycles. The van der Waals surface area contributed by atoms with Gasteiger partial charge in [-0.2, -0.15) is 0 Å². The number of fused-ring (bicyclic) bond motifs is 1. The maximum atomic E-state index is 13.7. The van der Waals surface area contributed by atoms with Crippen molar-refractivity contribution in [2.75, 3.05) is 6.61 Å². The van der Waals surface area contributed by atoms with Crippen LogP contribution in [-0.2, 0) is 9.84 Å². The lowest BCUT2D eigenvalue weighted by molar-refractivity contribution is 0.368. The lowest BCUT2D eigenvalue weighted by Crippen LogP contribution is -2.00. The van der Waals surface area contributed by atoms with Crippen molar-refractivity contribution in [1.82, 2.24) is 4.98 Å². The first-order valence-corrected chi connectivity index (χ1v) is 7.40. The van der Waals surface area contributed by atoms with Crippen molar-refractivity contribution in [3.8, 4) is 5.75 Å². The molecular weight excluding hydrogens is 281 g/mol. The summed E-state index contributed by atoms with van der Waals surface area (Å²) < 4.78 is 42.9. The number of benzene rings is 1. The van der Waals surface area contributed by atoms with Crippen molar-refractivity contribution >= 4 is 15.4 Å². The third kappa shape index (κ3) is 2.18. The smallest absolute Gasteiger partial charge is 0.203 e. The van der Waals surface area contributed by atoms with Gasteiger partial charge in [-0.15, -0.1) is 0 Å². The Labute approximate surface area is 115 Å². The average Bonchev–Trinajstić information content (AvgIpc) is 2.70. The molecule has 20 heavy (non-hydrogen) atoms. The lowest BCUT2D eigenvalue weighted by Gasteiger charge is -2.07. The summed E-state index contributed by atoms with van der Waals surface area (Å²) in [5.74, 6) is -0.217. The van der Waals surface area contributed by atoms with E-state index in [1.54, 1.807) is 24.4 Å². The van der Waals surface area contributed by atoms with E-state index in [0.29, 0.717) is 16.9 Å². The summed E-state index contributed by atoms with van der Waals surface area (Å²) in [6.07, 6.45) is 3.13. The molecule has 0 amide bonds.